The third kappa shape index (κ3) is 2.38. The molecule has 0 bridgehead atoms. The van der Waals surface area contributed by atoms with Crippen LogP contribution in [-0.4, -0.2) is 10.1 Å². The van der Waals surface area contributed by atoms with E-state index in [9.17, 15) is 13.9 Å². The molecule has 0 fully saturated rings. The highest BCUT2D eigenvalue weighted by Gasteiger charge is 2.23. The third-order valence-electron chi connectivity index (χ3n) is 2.26. The lowest BCUT2D eigenvalue weighted by atomic mass is 10.1. The Bertz CT molecular complexity index is 558. The van der Waals surface area contributed by atoms with Gasteiger partial charge in [0.1, 0.15) is 17.7 Å². The summed E-state index contributed by atoms with van der Waals surface area (Å²) >= 11 is 4.17. The van der Waals surface area contributed by atoms with Crippen LogP contribution >= 0.6 is 27.3 Å². The number of aryl methyl sites for hydroxylation is 1. The van der Waals surface area contributed by atoms with Gasteiger partial charge in [0, 0.05) is 6.20 Å². The zero-order valence-corrected chi connectivity index (χ0v) is 11.1. The van der Waals surface area contributed by atoms with Crippen LogP contribution in [0.25, 0.3) is 0 Å². The van der Waals surface area contributed by atoms with Crippen LogP contribution in [0.5, 0.6) is 0 Å². The fourth-order valence-corrected chi connectivity index (χ4v) is 2.57. The van der Waals surface area contributed by atoms with Gasteiger partial charge in [0.05, 0.1) is 19.9 Å². The van der Waals surface area contributed by atoms with Crippen LogP contribution in [0.3, 0.4) is 0 Å². The Morgan fingerprint density at radius 2 is 2.12 bits per heavy atom. The monoisotopic (exact) mass is 319 g/mol. The summed E-state index contributed by atoms with van der Waals surface area (Å²) in [4.78, 5) is 4.36. The molecule has 0 radical (unpaired) electrons. The van der Waals surface area contributed by atoms with Gasteiger partial charge in [0.15, 0.2) is 0 Å². The predicted octanol–water partition coefficient (Wildman–Crippen LogP) is 3.57. The van der Waals surface area contributed by atoms with Crippen molar-refractivity contribution in [2.45, 2.75) is 13.0 Å². The molecule has 1 aromatic carbocycles. The Morgan fingerprint density at radius 1 is 1.41 bits per heavy atom. The van der Waals surface area contributed by atoms with Crippen molar-refractivity contribution in [1.29, 1.82) is 0 Å². The Balaban J connectivity index is 2.50. The molecule has 1 unspecified atom stereocenters. The number of rotatable bonds is 2. The molecule has 17 heavy (non-hydrogen) atoms. The summed E-state index contributed by atoms with van der Waals surface area (Å²) in [6.07, 6.45) is 0.0865. The summed E-state index contributed by atoms with van der Waals surface area (Å²) in [5, 5.41) is 10.7. The normalized spacial score (nSPS) is 12.8. The zero-order valence-electron chi connectivity index (χ0n) is 8.75. The lowest BCUT2D eigenvalue weighted by Crippen LogP contribution is -2.04. The van der Waals surface area contributed by atoms with Gasteiger partial charge in [0.25, 0.3) is 0 Å². The zero-order chi connectivity index (χ0) is 12.6. The lowest BCUT2D eigenvalue weighted by molar-refractivity contribution is 0.212. The number of halogens is 3. The Labute approximate surface area is 109 Å². The first-order valence-electron chi connectivity index (χ1n) is 4.74. The SMILES string of the molecule is Cc1ncc(C(O)c2c(F)ccc(Br)c2F)s1. The molecule has 1 N–H and O–H groups in total. The molecular weight excluding hydrogens is 312 g/mol. The molecular formula is C11H8BrF2NOS. The molecule has 0 amide bonds. The minimum Gasteiger partial charge on any atom is -0.383 e. The maximum atomic E-state index is 13.7. The van der Waals surface area contributed by atoms with Gasteiger partial charge < -0.3 is 5.11 Å². The number of aliphatic hydroxyl groups excluding tert-OH is 1. The fourth-order valence-electron chi connectivity index (χ4n) is 1.44. The number of benzene rings is 1. The van der Waals surface area contributed by atoms with Crippen LogP contribution in [0.4, 0.5) is 8.78 Å². The van der Waals surface area contributed by atoms with E-state index in [1.165, 1.54) is 23.6 Å². The lowest BCUT2D eigenvalue weighted by Gasteiger charge is -2.11. The highest BCUT2D eigenvalue weighted by molar-refractivity contribution is 9.10. The Kier molecular flexibility index (Phi) is 3.56. The quantitative estimate of drug-likeness (QED) is 0.858. The highest BCUT2D eigenvalue weighted by atomic mass is 79.9. The second-order valence-electron chi connectivity index (χ2n) is 3.44. The largest absolute Gasteiger partial charge is 0.383 e. The Morgan fingerprint density at radius 3 is 2.71 bits per heavy atom. The number of aliphatic hydroxyl groups is 1. The van der Waals surface area contributed by atoms with E-state index in [1.54, 1.807) is 6.92 Å². The van der Waals surface area contributed by atoms with Crippen molar-refractivity contribution in [3.63, 3.8) is 0 Å². The molecule has 1 heterocycles. The smallest absolute Gasteiger partial charge is 0.146 e. The summed E-state index contributed by atoms with van der Waals surface area (Å²) in [5.74, 6) is -1.56. The first-order valence-corrected chi connectivity index (χ1v) is 6.35. The van der Waals surface area contributed by atoms with Gasteiger partial charge in [-0.3, -0.25) is 0 Å². The van der Waals surface area contributed by atoms with Gasteiger partial charge in [-0.05, 0) is 35.0 Å². The van der Waals surface area contributed by atoms with E-state index in [0.29, 0.717) is 4.88 Å². The van der Waals surface area contributed by atoms with Crippen LogP contribution < -0.4 is 0 Å². The standard InChI is InChI=1S/C11H8BrF2NOS/c1-5-15-4-8(17-5)11(16)9-7(13)3-2-6(12)10(9)14/h2-4,11,16H,1H3. The van der Waals surface area contributed by atoms with E-state index in [4.69, 9.17) is 0 Å². The number of hydrogen-bond donors (Lipinski definition) is 1. The first kappa shape index (κ1) is 12.6. The second kappa shape index (κ2) is 4.80. The van der Waals surface area contributed by atoms with Crippen molar-refractivity contribution < 1.29 is 13.9 Å². The molecule has 0 spiro atoms. The molecule has 0 aliphatic rings. The van der Waals surface area contributed by atoms with Gasteiger partial charge in [-0.2, -0.15) is 0 Å². The van der Waals surface area contributed by atoms with Crippen LogP contribution in [0.15, 0.2) is 22.8 Å². The predicted molar refractivity (Wildman–Crippen MR) is 65.0 cm³/mol. The number of aromatic nitrogens is 1. The number of thiazole rings is 1. The van der Waals surface area contributed by atoms with Gasteiger partial charge in [-0.25, -0.2) is 13.8 Å². The first-order chi connectivity index (χ1) is 8.00. The summed E-state index contributed by atoms with van der Waals surface area (Å²) in [6.45, 7) is 1.76. The average Bonchev–Trinajstić information content (AvgIpc) is 2.71. The number of hydrogen-bond acceptors (Lipinski definition) is 3. The maximum Gasteiger partial charge on any atom is 0.146 e. The van der Waals surface area contributed by atoms with E-state index in [2.05, 4.69) is 20.9 Å². The number of nitrogens with zero attached hydrogens (tertiary/aromatic N) is 1. The van der Waals surface area contributed by atoms with Gasteiger partial charge in [-0.1, -0.05) is 0 Å². The average molecular weight is 320 g/mol. The molecule has 0 aliphatic heterocycles. The maximum absolute atomic E-state index is 13.7. The molecule has 0 aliphatic carbocycles. The highest BCUT2D eigenvalue weighted by Crippen LogP contribution is 2.32. The summed E-state index contributed by atoms with van der Waals surface area (Å²) in [6, 6.07) is 2.37. The van der Waals surface area contributed by atoms with E-state index >= 15 is 0 Å². The Hall–Kier alpha value is -0.850. The van der Waals surface area contributed by atoms with Crippen molar-refractivity contribution in [2.75, 3.05) is 0 Å². The fraction of sp³-hybridized carbons (Fsp3) is 0.182. The van der Waals surface area contributed by atoms with Crippen molar-refractivity contribution in [2.24, 2.45) is 0 Å². The topological polar surface area (TPSA) is 33.1 Å². The molecule has 6 heteroatoms. The summed E-state index contributed by atoms with van der Waals surface area (Å²) in [5.41, 5.74) is -0.358. The van der Waals surface area contributed by atoms with Crippen LogP contribution in [0.2, 0.25) is 0 Å². The minimum absolute atomic E-state index is 0.120. The van der Waals surface area contributed by atoms with Crippen LogP contribution in [-0.2, 0) is 0 Å². The van der Waals surface area contributed by atoms with E-state index < -0.39 is 17.7 Å². The van der Waals surface area contributed by atoms with E-state index in [0.717, 1.165) is 11.1 Å². The van der Waals surface area contributed by atoms with Crippen molar-refractivity contribution >= 4 is 27.3 Å². The van der Waals surface area contributed by atoms with Gasteiger partial charge >= 0.3 is 0 Å². The summed E-state index contributed by atoms with van der Waals surface area (Å²) in [7, 11) is 0. The molecule has 2 aromatic rings. The van der Waals surface area contributed by atoms with Crippen LogP contribution in [0.1, 0.15) is 21.6 Å². The molecule has 2 rings (SSSR count). The van der Waals surface area contributed by atoms with Gasteiger partial charge in [0.2, 0.25) is 0 Å². The molecule has 90 valence electrons. The van der Waals surface area contributed by atoms with Crippen LogP contribution in [0, 0.1) is 18.6 Å². The molecule has 1 atom stereocenters. The van der Waals surface area contributed by atoms with Crippen molar-refractivity contribution in [3.8, 4) is 0 Å². The molecule has 0 saturated heterocycles. The summed E-state index contributed by atoms with van der Waals surface area (Å²) < 4.78 is 27.4. The van der Waals surface area contributed by atoms with E-state index in [-0.39, 0.29) is 10.0 Å². The minimum atomic E-state index is -1.33. The molecule has 0 saturated carbocycles. The van der Waals surface area contributed by atoms with E-state index in [1.807, 2.05) is 0 Å². The van der Waals surface area contributed by atoms with Crippen molar-refractivity contribution in [3.05, 3.63) is 49.9 Å². The third-order valence-corrected chi connectivity index (χ3v) is 3.84. The van der Waals surface area contributed by atoms with Gasteiger partial charge in [-0.15, -0.1) is 11.3 Å². The van der Waals surface area contributed by atoms with Crippen molar-refractivity contribution in [1.82, 2.24) is 4.98 Å². The molecule has 1 aromatic heterocycles. The molecule has 2 nitrogen and oxygen atoms in total. The second-order valence-corrected chi connectivity index (χ2v) is 5.56.